The summed E-state index contributed by atoms with van der Waals surface area (Å²) in [5.74, 6) is 0. The van der Waals surface area contributed by atoms with Crippen LogP contribution < -0.4 is 5.32 Å². The maximum atomic E-state index is 6.60. The van der Waals surface area contributed by atoms with Crippen molar-refractivity contribution in [3.8, 4) is 0 Å². The largest absolute Gasteiger partial charge is 0.358 e. The van der Waals surface area contributed by atoms with Gasteiger partial charge in [0.2, 0.25) is 0 Å². The van der Waals surface area contributed by atoms with Gasteiger partial charge in [0.15, 0.2) is 0 Å². The molecule has 1 atom stereocenters. The molecule has 3 heteroatoms. The summed E-state index contributed by atoms with van der Waals surface area (Å²) in [7, 11) is 0. The number of halogens is 1. The van der Waals surface area contributed by atoms with E-state index in [-0.39, 0.29) is 11.7 Å². The highest BCUT2D eigenvalue weighted by Gasteiger charge is 2.45. The van der Waals surface area contributed by atoms with Crippen molar-refractivity contribution in [3.05, 3.63) is 70.2 Å². The van der Waals surface area contributed by atoms with Crippen molar-refractivity contribution in [2.45, 2.75) is 24.5 Å². The van der Waals surface area contributed by atoms with Crippen LogP contribution in [0.25, 0.3) is 0 Å². The minimum Gasteiger partial charge on any atom is -0.358 e. The molecule has 2 nitrogen and oxygen atoms in total. The first kappa shape index (κ1) is 13.3. The predicted molar refractivity (Wildman–Crippen MR) is 84.6 cm³/mol. The van der Waals surface area contributed by atoms with Crippen molar-refractivity contribution >= 4 is 11.6 Å². The number of fused-ring (bicyclic) bond motifs is 2. The summed E-state index contributed by atoms with van der Waals surface area (Å²) < 4.78 is 6.60. The van der Waals surface area contributed by atoms with Gasteiger partial charge < -0.3 is 10.1 Å². The van der Waals surface area contributed by atoms with Gasteiger partial charge in [0.25, 0.3) is 0 Å². The van der Waals surface area contributed by atoms with Crippen molar-refractivity contribution < 1.29 is 4.74 Å². The molecule has 0 unspecified atom stereocenters. The average Bonchev–Trinajstić information content (AvgIpc) is 2.84. The fraction of sp³-hybridized carbons (Fsp3) is 0.333. The zero-order valence-corrected chi connectivity index (χ0v) is 12.6. The van der Waals surface area contributed by atoms with E-state index >= 15 is 0 Å². The van der Waals surface area contributed by atoms with Crippen LogP contribution in [-0.4, -0.2) is 13.1 Å². The number of nitrogens with one attached hydrogen (secondary N) is 1. The van der Waals surface area contributed by atoms with Crippen molar-refractivity contribution in [1.82, 2.24) is 5.32 Å². The quantitative estimate of drug-likeness (QED) is 0.858. The predicted octanol–water partition coefficient (Wildman–Crippen LogP) is 4.04. The van der Waals surface area contributed by atoms with Gasteiger partial charge >= 0.3 is 0 Å². The Morgan fingerprint density at radius 2 is 1.71 bits per heavy atom. The summed E-state index contributed by atoms with van der Waals surface area (Å²) in [4.78, 5) is 0. The fourth-order valence-electron chi connectivity index (χ4n) is 3.60. The average molecular weight is 300 g/mol. The van der Waals surface area contributed by atoms with Crippen molar-refractivity contribution in [2.75, 3.05) is 13.1 Å². The Morgan fingerprint density at radius 1 is 1.00 bits per heavy atom. The Morgan fingerprint density at radius 3 is 2.48 bits per heavy atom. The molecule has 1 spiro atoms. The van der Waals surface area contributed by atoms with E-state index in [4.69, 9.17) is 16.3 Å². The van der Waals surface area contributed by atoms with Crippen LogP contribution in [0.3, 0.4) is 0 Å². The zero-order chi connectivity index (χ0) is 14.3. The van der Waals surface area contributed by atoms with E-state index in [9.17, 15) is 0 Å². The molecule has 0 aliphatic carbocycles. The second-order valence-electron chi connectivity index (χ2n) is 5.88. The third kappa shape index (κ3) is 2.18. The van der Waals surface area contributed by atoms with Gasteiger partial charge in [-0.05, 0) is 54.8 Å². The van der Waals surface area contributed by atoms with Gasteiger partial charge in [-0.15, -0.1) is 0 Å². The number of hydrogen-bond acceptors (Lipinski definition) is 2. The highest BCUT2D eigenvalue weighted by molar-refractivity contribution is 6.30. The molecule has 1 fully saturated rings. The third-order valence-corrected chi connectivity index (χ3v) is 4.91. The van der Waals surface area contributed by atoms with E-state index < -0.39 is 0 Å². The first-order valence-corrected chi connectivity index (χ1v) is 7.90. The number of hydrogen-bond donors (Lipinski definition) is 1. The van der Waals surface area contributed by atoms with Crippen LogP contribution in [0.5, 0.6) is 0 Å². The summed E-state index contributed by atoms with van der Waals surface area (Å²) in [6.07, 6.45) is 2.10. The molecule has 0 radical (unpaired) electrons. The van der Waals surface area contributed by atoms with E-state index in [0.717, 1.165) is 31.0 Å². The van der Waals surface area contributed by atoms with Crippen LogP contribution in [-0.2, 0) is 10.3 Å². The highest BCUT2D eigenvalue weighted by Crippen LogP contribution is 2.50. The molecule has 108 valence electrons. The highest BCUT2D eigenvalue weighted by atomic mass is 35.5. The molecular weight excluding hydrogens is 282 g/mol. The minimum absolute atomic E-state index is 0.0246. The van der Waals surface area contributed by atoms with Crippen LogP contribution in [0.1, 0.15) is 35.6 Å². The molecule has 1 N–H and O–H groups in total. The van der Waals surface area contributed by atoms with Gasteiger partial charge in [-0.25, -0.2) is 0 Å². The number of benzene rings is 2. The molecule has 1 saturated heterocycles. The lowest BCUT2D eigenvalue weighted by atomic mass is 9.84. The van der Waals surface area contributed by atoms with Gasteiger partial charge in [-0.3, -0.25) is 0 Å². The SMILES string of the molecule is Clc1ccc([C@@H]2OC3(CCNCC3)c3ccccc32)cc1. The van der Waals surface area contributed by atoms with Gasteiger partial charge in [0.05, 0.1) is 5.60 Å². The molecule has 2 aromatic carbocycles. The Bertz CT molecular complexity index is 647. The second-order valence-corrected chi connectivity index (χ2v) is 6.32. The van der Waals surface area contributed by atoms with Crippen LogP contribution in [0.4, 0.5) is 0 Å². The lowest BCUT2D eigenvalue weighted by Gasteiger charge is -2.34. The Labute approximate surface area is 130 Å². The van der Waals surface area contributed by atoms with Gasteiger partial charge in [-0.2, -0.15) is 0 Å². The lowest BCUT2D eigenvalue weighted by molar-refractivity contribution is -0.0798. The number of rotatable bonds is 1. The molecule has 0 saturated carbocycles. The topological polar surface area (TPSA) is 21.3 Å². The van der Waals surface area contributed by atoms with Crippen LogP contribution in [0, 0.1) is 0 Å². The van der Waals surface area contributed by atoms with Crippen LogP contribution in [0.2, 0.25) is 5.02 Å². The fourth-order valence-corrected chi connectivity index (χ4v) is 3.72. The monoisotopic (exact) mass is 299 g/mol. The molecule has 2 aliphatic rings. The van der Waals surface area contributed by atoms with Crippen LogP contribution >= 0.6 is 11.6 Å². The molecule has 2 aliphatic heterocycles. The van der Waals surface area contributed by atoms with Crippen molar-refractivity contribution in [2.24, 2.45) is 0 Å². The van der Waals surface area contributed by atoms with Gasteiger partial charge in [0, 0.05) is 5.02 Å². The maximum Gasteiger partial charge on any atom is 0.109 e. The molecule has 2 heterocycles. The lowest BCUT2D eigenvalue weighted by Crippen LogP contribution is -2.39. The Kier molecular flexibility index (Phi) is 3.26. The maximum absolute atomic E-state index is 6.60. The van der Waals surface area contributed by atoms with Gasteiger partial charge in [0.1, 0.15) is 6.10 Å². The number of piperidine rings is 1. The normalized spacial score (nSPS) is 23.2. The van der Waals surface area contributed by atoms with E-state index in [2.05, 4.69) is 41.7 Å². The summed E-state index contributed by atoms with van der Waals surface area (Å²) in [6, 6.07) is 16.7. The smallest absolute Gasteiger partial charge is 0.109 e. The molecule has 0 bridgehead atoms. The molecule has 21 heavy (non-hydrogen) atoms. The van der Waals surface area contributed by atoms with Crippen LogP contribution in [0.15, 0.2) is 48.5 Å². The van der Waals surface area contributed by atoms with Gasteiger partial charge in [-0.1, -0.05) is 48.0 Å². The van der Waals surface area contributed by atoms with E-state index in [0.29, 0.717) is 0 Å². The Hall–Kier alpha value is -1.35. The third-order valence-electron chi connectivity index (χ3n) is 4.66. The van der Waals surface area contributed by atoms with Crippen molar-refractivity contribution in [1.29, 1.82) is 0 Å². The summed E-state index contributed by atoms with van der Waals surface area (Å²) >= 11 is 6.01. The summed E-state index contributed by atoms with van der Waals surface area (Å²) in [6.45, 7) is 2.03. The zero-order valence-electron chi connectivity index (χ0n) is 11.8. The molecule has 2 aromatic rings. The van der Waals surface area contributed by atoms with E-state index in [1.807, 2.05) is 12.1 Å². The Balaban J connectivity index is 1.79. The second kappa shape index (κ2) is 5.13. The summed E-state index contributed by atoms with van der Waals surface area (Å²) in [5, 5.41) is 4.20. The summed E-state index contributed by atoms with van der Waals surface area (Å²) in [5.41, 5.74) is 3.74. The standard InChI is InChI=1S/C18H18ClNO/c19-14-7-5-13(6-8-14)17-15-3-1-2-4-16(15)18(21-17)9-11-20-12-10-18/h1-8,17,20H,9-12H2/t17-/m0/s1. The molecular formula is C18H18ClNO. The first-order valence-electron chi connectivity index (χ1n) is 7.52. The van der Waals surface area contributed by atoms with E-state index in [1.165, 1.54) is 16.7 Å². The minimum atomic E-state index is -0.119. The van der Waals surface area contributed by atoms with Crippen molar-refractivity contribution in [3.63, 3.8) is 0 Å². The number of ether oxygens (including phenoxy) is 1. The molecule has 4 rings (SSSR count). The molecule has 0 aromatic heterocycles. The molecule has 0 amide bonds. The van der Waals surface area contributed by atoms with E-state index in [1.54, 1.807) is 0 Å². The first-order chi connectivity index (χ1) is 10.3.